The van der Waals surface area contributed by atoms with Crippen molar-refractivity contribution < 1.29 is 18.9 Å². The normalized spacial score (nSPS) is 10.3. The van der Waals surface area contributed by atoms with Crippen LogP contribution in [-0.4, -0.2) is 33.4 Å². The van der Waals surface area contributed by atoms with Gasteiger partial charge in [0.05, 0.1) is 34.1 Å². The van der Waals surface area contributed by atoms with Crippen LogP contribution in [0.2, 0.25) is 0 Å². The zero-order valence-corrected chi connectivity index (χ0v) is 15.8. The molecule has 0 saturated heterocycles. The summed E-state index contributed by atoms with van der Waals surface area (Å²) in [6.07, 6.45) is 0. The van der Waals surface area contributed by atoms with Crippen LogP contribution in [-0.2, 0) is 0 Å². The monoisotopic (exact) mass is 372 g/mol. The molecule has 3 rings (SSSR count). The van der Waals surface area contributed by atoms with Gasteiger partial charge in [0.15, 0.2) is 16.6 Å². The SMILES string of the molecule is COc1ccc(Nc2nc(-c3ccc(OC)c(OC)c3OC)cs2)cc1. The molecular weight excluding hydrogens is 352 g/mol. The summed E-state index contributed by atoms with van der Waals surface area (Å²) in [5, 5.41) is 6.04. The largest absolute Gasteiger partial charge is 0.497 e. The van der Waals surface area contributed by atoms with E-state index in [4.69, 9.17) is 18.9 Å². The van der Waals surface area contributed by atoms with Gasteiger partial charge < -0.3 is 24.3 Å². The van der Waals surface area contributed by atoms with Gasteiger partial charge in [0.2, 0.25) is 5.75 Å². The minimum absolute atomic E-state index is 0.546. The van der Waals surface area contributed by atoms with Crippen molar-refractivity contribution in [2.24, 2.45) is 0 Å². The van der Waals surface area contributed by atoms with Gasteiger partial charge in [-0.3, -0.25) is 0 Å². The Morgan fingerprint density at radius 2 is 1.54 bits per heavy atom. The fraction of sp³-hybridized carbons (Fsp3) is 0.211. The van der Waals surface area contributed by atoms with Crippen LogP contribution in [0.15, 0.2) is 41.8 Å². The van der Waals surface area contributed by atoms with Crippen LogP contribution in [0.5, 0.6) is 23.0 Å². The van der Waals surface area contributed by atoms with E-state index in [1.807, 2.05) is 41.8 Å². The number of benzene rings is 2. The van der Waals surface area contributed by atoms with E-state index >= 15 is 0 Å². The molecule has 0 radical (unpaired) electrons. The van der Waals surface area contributed by atoms with Gasteiger partial charge in [0, 0.05) is 16.6 Å². The molecule has 136 valence electrons. The average Bonchev–Trinajstić information content (AvgIpc) is 3.15. The molecule has 0 aliphatic heterocycles. The summed E-state index contributed by atoms with van der Waals surface area (Å²) in [6.45, 7) is 0. The third-order valence-corrected chi connectivity index (χ3v) is 4.58. The van der Waals surface area contributed by atoms with Crippen LogP contribution in [0, 0.1) is 0 Å². The standard InChI is InChI=1S/C19H20N2O4S/c1-22-13-7-5-12(6-8-13)20-19-21-15(11-26-19)14-9-10-16(23-2)18(25-4)17(14)24-3/h5-11H,1-4H3,(H,20,21). The van der Waals surface area contributed by atoms with Gasteiger partial charge >= 0.3 is 0 Å². The molecular formula is C19H20N2O4S. The first-order chi connectivity index (χ1) is 12.7. The van der Waals surface area contributed by atoms with Gasteiger partial charge in [0.1, 0.15) is 5.75 Å². The fourth-order valence-corrected chi connectivity index (χ4v) is 3.29. The first kappa shape index (κ1) is 17.9. The molecule has 1 heterocycles. The summed E-state index contributed by atoms with van der Waals surface area (Å²) >= 11 is 1.51. The molecule has 0 aliphatic carbocycles. The Morgan fingerprint density at radius 3 is 2.15 bits per heavy atom. The van der Waals surface area contributed by atoms with Crippen molar-refractivity contribution in [2.75, 3.05) is 33.8 Å². The van der Waals surface area contributed by atoms with Gasteiger partial charge in [-0.2, -0.15) is 0 Å². The number of rotatable bonds is 7. The summed E-state index contributed by atoms with van der Waals surface area (Å²) < 4.78 is 21.5. The average molecular weight is 372 g/mol. The predicted molar refractivity (Wildman–Crippen MR) is 103 cm³/mol. The summed E-state index contributed by atoms with van der Waals surface area (Å²) in [5.41, 5.74) is 2.57. The van der Waals surface area contributed by atoms with Gasteiger partial charge in [-0.15, -0.1) is 11.3 Å². The molecule has 0 fully saturated rings. The van der Waals surface area contributed by atoms with Crippen LogP contribution in [0.4, 0.5) is 10.8 Å². The summed E-state index contributed by atoms with van der Waals surface area (Å²) in [5.74, 6) is 2.56. The lowest BCUT2D eigenvalue weighted by Crippen LogP contribution is -1.97. The molecule has 26 heavy (non-hydrogen) atoms. The maximum absolute atomic E-state index is 5.54. The first-order valence-electron chi connectivity index (χ1n) is 7.86. The van der Waals surface area contributed by atoms with E-state index in [1.165, 1.54) is 11.3 Å². The number of nitrogens with one attached hydrogen (secondary N) is 1. The third-order valence-electron chi connectivity index (χ3n) is 3.83. The molecule has 0 unspecified atom stereocenters. The maximum atomic E-state index is 5.54. The number of hydrogen-bond acceptors (Lipinski definition) is 7. The summed E-state index contributed by atoms with van der Waals surface area (Å²) in [4.78, 5) is 4.66. The minimum atomic E-state index is 0.546. The Labute approximate surface area is 156 Å². The molecule has 7 heteroatoms. The van der Waals surface area contributed by atoms with E-state index in [1.54, 1.807) is 28.4 Å². The molecule has 2 aromatic carbocycles. The number of methoxy groups -OCH3 is 4. The second-order valence-corrected chi connectivity index (χ2v) is 6.13. The predicted octanol–water partition coefficient (Wildman–Crippen LogP) is 4.59. The Morgan fingerprint density at radius 1 is 0.808 bits per heavy atom. The first-order valence-corrected chi connectivity index (χ1v) is 8.74. The van der Waals surface area contributed by atoms with Crippen LogP contribution in [0.1, 0.15) is 0 Å². The Hall–Kier alpha value is -2.93. The zero-order valence-electron chi connectivity index (χ0n) is 15.0. The molecule has 6 nitrogen and oxygen atoms in total. The van der Waals surface area contributed by atoms with Gasteiger partial charge in [0.25, 0.3) is 0 Å². The summed E-state index contributed by atoms with van der Waals surface area (Å²) in [7, 11) is 6.42. The molecule has 1 aromatic heterocycles. The lowest BCUT2D eigenvalue weighted by Gasteiger charge is -2.14. The molecule has 0 saturated carbocycles. The fourth-order valence-electron chi connectivity index (χ4n) is 2.56. The number of nitrogens with zero attached hydrogens (tertiary/aromatic N) is 1. The highest BCUT2D eigenvalue weighted by molar-refractivity contribution is 7.14. The highest BCUT2D eigenvalue weighted by Gasteiger charge is 2.18. The quantitative estimate of drug-likeness (QED) is 0.655. The number of thiazole rings is 1. The molecule has 0 bridgehead atoms. The molecule has 0 aliphatic rings. The van der Waals surface area contributed by atoms with Gasteiger partial charge in [-0.1, -0.05) is 0 Å². The third kappa shape index (κ3) is 3.52. The van der Waals surface area contributed by atoms with Crippen molar-refractivity contribution in [3.8, 4) is 34.3 Å². The number of hydrogen-bond donors (Lipinski definition) is 1. The number of aromatic nitrogens is 1. The summed E-state index contributed by atoms with van der Waals surface area (Å²) in [6, 6.07) is 11.4. The molecule has 0 spiro atoms. The molecule has 1 N–H and O–H groups in total. The van der Waals surface area contributed by atoms with E-state index in [-0.39, 0.29) is 0 Å². The Balaban J connectivity index is 1.89. The van der Waals surface area contributed by atoms with Crippen LogP contribution in [0.25, 0.3) is 11.3 Å². The van der Waals surface area contributed by atoms with E-state index in [0.717, 1.165) is 27.8 Å². The van der Waals surface area contributed by atoms with E-state index < -0.39 is 0 Å². The lowest BCUT2D eigenvalue weighted by molar-refractivity contribution is 0.325. The van der Waals surface area contributed by atoms with Crippen LogP contribution < -0.4 is 24.3 Å². The van der Waals surface area contributed by atoms with Crippen LogP contribution >= 0.6 is 11.3 Å². The maximum Gasteiger partial charge on any atom is 0.203 e. The van der Waals surface area contributed by atoms with E-state index in [0.29, 0.717) is 17.2 Å². The van der Waals surface area contributed by atoms with E-state index in [9.17, 15) is 0 Å². The smallest absolute Gasteiger partial charge is 0.203 e. The van der Waals surface area contributed by atoms with Crippen molar-refractivity contribution in [1.82, 2.24) is 4.98 Å². The van der Waals surface area contributed by atoms with Crippen molar-refractivity contribution in [3.05, 3.63) is 41.8 Å². The number of ether oxygens (including phenoxy) is 4. The Kier molecular flexibility index (Phi) is 5.48. The Bertz CT molecular complexity index is 878. The van der Waals surface area contributed by atoms with Crippen molar-refractivity contribution in [2.45, 2.75) is 0 Å². The molecule has 3 aromatic rings. The molecule has 0 amide bonds. The minimum Gasteiger partial charge on any atom is -0.497 e. The van der Waals surface area contributed by atoms with Gasteiger partial charge in [-0.05, 0) is 36.4 Å². The molecule has 0 atom stereocenters. The second kappa shape index (κ2) is 7.97. The van der Waals surface area contributed by atoms with Crippen molar-refractivity contribution in [1.29, 1.82) is 0 Å². The zero-order chi connectivity index (χ0) is 18.5. The van der Waals surface area contributed by atoms with Crippen molar-refractivity contribution in [3.63, 3.8) is 0 Å². The number of anilines is 2. The van der Waals surface area contributed by atoms with Crippen LogP contribution in [0.3, 0.4) is 0 Å². The van der Waals surface area contributed by atoms with Crippen molar-refractivity contribution >= 4 is 22.2 Å². The second-order valence-electron chi connectivity index (χ2n) is 5.27. The topological polar surface area (TPSA) is 61.8 Å². The highest BCUT2D eigenvalue weighted by atomic mass is 32.1. The highest BCUT2D eigenvalue weighted by Crippen LogP contribution is 2.44. The lowest BCUT2D eigenvalue weighted by atomic mass is 10.1. The van der Waals surface area contributed by atoms with Gasteiger partial charge in [-0.25, -0.2) is 4.98 Å². The van der Waals surface area contributed by atoms with E-state index in [2.05, 4.69) is 10.3 Å².